The van der Waals surface area contributed by atoms with Crippen LogP contribution < -0.4 is 20.4 Å². The number of carbonyl (C=O) groups is 2. The summed E-state index contributed by atoms with van der Waals surface area (Å²) in [6, 6.07) is 5.23. The molecule has 0 radical (unpaired) electrons. The van der Waals surface area contributed by atoms with Crippen LogP contribution in [0.2, 0.25) is 0 Å². The van der Waals surface area contributed by atoms with Crippen molar-refractivity contribution in [3.8, 4) is 0 Å². The fourth-order valence-corrected chi connectivity index (χ4v) is 5.74. The van der Waals surface area contributed by atoms with Crippen LogP contribution in [0.4, 0.5) is 26.4 Å². The summed E-state index contributed by atoms with van der Waals surface area (Å²) in [7, 11) is 0. The largest absolute Gasteiger partial charge is 0.381 e. The number of ether oxygens (including phenoxy) is 1. The minimum Gasteiger partial charge on any atom is -0.381 e. The number of urea groups is 1. The Bertz CT molecular complexity index is 1450. The van der Waals surface area contributed by atoms with Gasteiger partial charge in [-0.05, 0) is 44.9 Å². The van der Waals surface area contributed by atoms with E-state index in [4.69, 9.17) is 4.74 Å². The number of amides is 3. The Morgan fingerprint density at radius 1 is 1.18 bits per heavy atom. The summed E-state index contributed by atoms with van der Waals surface area (Å²) >= 11 is 0. The molecule has 1 aromatic carbocycles. The van der Waals surface area contributed by atoms with Crippen molar-refractivity contribution in [3.05, 3.63) is 47.3 Å². The van der Waals surface area contributed by atoms with Gasteiger partial charge in [-0.25, -0.2) is 24.1 Å². The number of aromatic nitrogens is 3. The molecule has 12 heteroatoms. The van der Waals surface area contributed by atoms with Gasteiger partial charge in [-0.15, -0.1) is 0 Å². The molecule has 0 bridgehead atoms. The predicted molar refractivity (Wildman–Crippen MR) is 149 cm³/mol. The van der Waals surface area contributed by atoms with Gasteiger partial charge in [0.15, 0.2) is 5.82 Å². The monoisotopic (exact) mass is 548 g/mol. The number of benzene rings is 1. The van der Waals surface area contributed by atoms with E-state index in [1.807, 2.05) is 19.9 Å². The quantitative estimate of drug-likeness (QED) is 0.483. The molecule has 11 nitrogen and oxygen atoms in total. The molecule has 5 heterocycles. The Labute approximate surface area is 231 Å². The van der Waals surface area contributed by atoms with Crippen molar-refractivity contribution in [1.82, 2.24) is 25.2 Å². The molecule has 0 spiro atoms. The molecule has 2 fully saturated rings. The number of hydrogen-bond donors (Lipinski definition) is 2. The fraction of sp³-hybridized carbons (Fsp3) is 0.464. The highest BCUT2D eigenvalue weighted by molar-refractivity contribution is 6.17. The number of nitrogens with zero attached hydrogens (tertiary/aromatic N) is 6. The number of piperazine rings is 1. The van der Waals surface area contributed by atoms with E-state index in [0.717, 1.165) is 50.4 Å². The average Bonchev–Trinajstić information content (AvgIpc) is 2.96. The van der Waals surface area contributed by atoms with Crippen LogP contribution in [0.25, 0.3) is 10.9 Å². The first-order valence-electron chi connectivity index (χ1n) is 13.8. The summed E-state index contributed by atoms with van der Waals surface area (Å²) in [6.07, 6.45) is 3.05. The van der Waals surface area contributed by atoms with Gasteiger partial charge in [-0.3, -0.25) is 14.6 Å². The molecule has 210 valence electrons. The van der Waals surface area contributed by atoms with Crippen molar-refractivity contribution in [2.45, 2.75) is 39.3 Å². The third kappa shape index (κ3) is 4.92. The number of anilines is 3. The van der Waals surface area contributed by atoms with E-state index >= 15 is 4.39 Å². The Kier molecular flexibility index (Phi) is 7.20. The van der Waals surface area contributed by atoms with E-state index in [-0.39, 0.29) is 17.6 Å². The molecule has 0 atom stereocenters. The number of carbonyl (C=O) groups excluding carboxylic acids is 2. The summed E-state index contributed by atoms with van der Waals surface area (Å²) in [6.45, 7) is 8.87. The zero-order valence-electron chi connectivity index (χ0n) is 22.7. The lowest BCUT2D eigenvalue weighted by Crippen LogP contribution is -2.46. The normalized spacial score (nSPS) is 18.2. The Morgan fingerprint density at radius 3 is 2.67 bits per heavy atom. The van der Waals surface area contributed by atoms with Gasteiger partial charge in [0.1, 0.15) is 17.8 Å². The smallest absolute Gasteiger partial charge is 0.327 e. The molecule has 0 aliphatic carbocycles. The predicted octanol–water partition coefficient (Wildman–Crippen LogP) is 3.08. The van der Waals surface area contributed by atoms with Gasteiger partial charge in [-0.2, -0.15) is 0 Å². The molecule has 3 aliphatic heterocycles. The first kappa shape index (κ1) is 26.3. The SMILES string of the molecule is CCN1C(=O)Nc2c(F)c(CN3CCN(c4ccc(C(=O)NC5CCOCC5)nc4C)CC3)cc3ncnc1c23. The molecule has 3 aromatic rings. The van der Waals surface area contributed by atoms with Gasteiger partial charge in [0, 0.05) is 64.1 Å². The lowest BCUT2D eigenvalue weighted by Gasteiger charge is -2.37. The lowest BCUT2D eigenvalue weighted by atomic mass is 10.1. The molecule has 0 unspecified atom stereocenters. The Balaban J connectivity index is 1.12. The first-order valence-corrected chi connectivity index (χ1v) is 13.8. The molecule has 2 aromatic heterocycles. The number of hydrogen-bond acceptors (Lipinski definition) is 8. The maximum atomic E-state index is 15.6. The topological polar surface area (TPSA) is 116 Å². The second-order valence-corrected chi connectivity index (χ2v) is 10.4. The summed E-state index contributed by atoms with van der Waals surface area (Å²) in [5.74, 6) is -0.162. The van der Waals surface area contributed by atoms with E-state index in [2.05, 4.69) is 35.4 Å². The third-order valence-corrected chi connectivity index (χ3v) is 7.92. The van der Waals surface area contributed by atoms with Gasteiger partial charge in [0.05, 0.1) is 28.0 Å². The van der Waals surface area contributed by atoms with Crippen molar-refractivity contribution in [2.24, 2.45) is 0 Å². The van der Waals surface area contributed by atoms with Crippen molar-refractivity contribution in [3.63, 3.8) is 0 Å². The minimum atomic E-state index is -0.440. The lowest BCUT2D eigenvalue weighted by molar-refractivity contribution is 0.0694. The van der Waals surface area contributed by atoms with E-state index in [0.29, 0.717) is 54.3 Å². The number of pyridine rings is 1. The summed E-state index contributed by atoms with van der Waals surface area (Å²) < 4.78 is 21.0. The number of nitrogens with one attached hydrogen (secondary N) is 2. The third-order valence-electron chi connectivity index (χ3n) is 7.92. The molecule has 0 saturated carbocycles. The highest BCUT2D eigenvalue weighted by atomic mass is 19.1. The maximum absolute atomic E-state index is 15.6. The zero-order chi connectivity index (χ0) is 27.8. The standard InChI is InChI=1S/C28H33FN8O3/c1-3-37-26-23-21(30-16-31-26)14-18(24(29)25(23)34-28(37)39)15-35-8-10-36(11-9-35)22-5-4-20(32-17(22)2)27(38)33-19-6-12-40-13-7-19/h4-5,14,16,19H,3,6-13,15H2,1-2H3,(H,33,38)(H,34,39). The van der Waals surface area contributed by atoms with Crippen LogP contribution in [0.15, 0.2) is 24.5 Å². The molecule has 6 rings (SSSR count). The first-order chi connectivity index (χ1) is 19.4. The second kappa shape index (κ2) is 10.9. The zero-order valence-corrected chi connectivity index (χ0v) is 22.7. The highest BCUT2D eigenvalue weighted by Crippen LogP contribution is 2.38. The van der Waals surface area contributed by atoms with Crippen molar-refractivity contribution in [1.29, 1.82) is 0 Å². The van der Waals surface area contributed by atoms with Crippen LogP contribution in [0, 0.1) is 12.7 Å². The van der Waals surface area contributed by atoms with Crippen LogP contribution in [-0.2, 0) is 11.3 Å². The molecule has 40 heavy (non-hydrogen) atoms. The van der Waals surface area contributed by atoms with Crippen molar-refractivity contribution >= 4 is 40.0 Å². The van der Waals surface area contributed by atoms with E-state index in [1.54, 1.807) is 12.1 Å². The number of halogens is 1. The van der Waals surface area contributed by atoms with Gasteiger partial charge in [0.2, 0.25) is 0 Å². The highest BCUT2D eigenvalue weighted by Gasteiger charge is 2.30. The van der Waals surface area contributed by atoms with Gasteiger partial charge >= 0.3 is 6.03 Å². The van der Waals surface area contributed by atoms with E-state index in [1.165, 1.54) is 11.2 Å². The van der Waals surface area contributed by atoms with Crippen molar-refractivity contribution < 1.29 is 18.7 Å². The molecule has 3 aliphatic rings. The van der Waals surface area contributed by atoms with Gasteiger partial charge in [0.25, 0.3) is 5.91 Å². The Morgan fingerprint density at radius 2 is 1.95 bits per heavy atom. The van der Waals surface area contributed by atoms with E-state index < -0.39 is 11.8 Å². The van der Waals surface area contributed by atoms with Crippen LogP contribution in [-0.4, -0.2) is 83.8 Å². The second-order valence-electron chi connectivity index (χ2n) is 10.4. The van der Waals surface area contributed by atoms with Crippen LogP contribution >= 0.6 is 0 Å². The van der Waals surface area contributed by atoms with Crippen LogP contribution in [0.1, 0.15) is 41.5 Å². The summed E-state index contributed by atoms with van der Waals surface area (Å²) in [5.41, 5.74) is 3.47. The molecule has 3 amide bonds. The molecule has 2 saturated heterocycles. The summed E-state index contributed by atoms with van der Waals surface area (Å²) in [5, 5.41) is 6.30. The number of rotatable bonds is 6. The summed E-state index contributed by atoms with van der Waals surface area (Å²) in [4.78, 5) is 44.4. The average molecular weight is 549 g/mol. The van der Waals surface area contributed by atoms with Crippen molar-refractivity contribution in [2.75, 3.05) is 61.1 Å². The van der Waals surface area contributed by atoms with Gasteiger partial charge in [-0.1, -0.05) is 0 Å². The Hall–Kier alpha value is -3.90. The molecule has 2 N–H and O–H groups in total. The van der Waals surface area contributed by atoms with Crippen LogP contribution in [0.3, 0.4) is 0 Å². The fourth-order valence-electron chi connectivity index (χ4n) is 5.74. The molecular formula is C28H33FN8O3. The minimum absolute atomic E-state index is 0.124. The number of aryl methyl sites for hydroxylation is 1. The molecular weight excluding hydrogens is 515 g/mol. The van der Waals surface area contributed by atoms with Crippen LogP contribution in [0.5, 0.6) is 0 Å². The van der Waals surface area contributed by atoms with Gasteiger partial charge < -0.3 is 20.3 Å². The maximum Gasteiger partial charge on any atom is 0.327 e. The van der Waals surface area contributed by atoms with E-state index in [9.17, 15) is 9.59 Å².